The quantitative estimate of drug-likeness (QED) is 0.619. The Balaban J connectivity index is 2.00. The summed E-state index contributed by atoms with van der Waals surface area (Å²) in [4.78, 5) is 12.6. The molecule has 0 spiro atoms. The van der Waals surface area contributed by atoms with Gasteiger partial charge in [-0.2, -0.15) is 0 Å². The maximum atomic E-state index is 12.6. The number of halogens is 1. The van der Waals surface area contributed by atoms with Crippen molar-refractivity contribution in [3.63, 3.8) is 0 Å². The van der Waals surface area contributed by atoms with Crippen LogP contribution in [0, 0.1) is 0 Å². The van der Waals surface area contributed by atoms with E-state index < -0.39 is 0 Å². The maximum Gasteiger partial charge on any atom is 0.259 e. The summed E-state index contributed by atoms with van der Waals surface area (Å²) in [5.41, 5.74) is 15.2. The molecule has 0 heterocycles. The zero-order chi connectivity index (χ0) is 17.1. The van der Waals surface area contributed by atoms with Crippen molar-refractivity contribution in [2.24, 2.45) is 0 Å². The molecule has 0 saturated carbocycles. The van der Waals surface area contributed by atoms with E-state index in [2.05, 4.69) is 5.32 Å². The highest BCUT2D eigenvalue weighted by Gasteiger charge is 2.18. The normalized spacial score (nSPS) is 10.4. The fourth-order valence-electron chi connectivity index (χ4n) is 2.42. The van der Waals surface area contributed by atoms with Crippen LogP contribution in [0.2, 0.25) is 5.02 Å². The number of carbonyl (C=O) groups excluding carboxylic acids is 1. The largest absolute Gasteiger partial charge is 0.399 e. The van der Waals surface area contributed by atoms with Gasteiger partial charge in [-0.25, -0.2) is 0 Å². The van der Waals surface area contributed by atoms with Gasteiger partial charge in [0.25, 0.3) is 5.91 Å². The number of benzene rings is 3. The van der Waals surface area contributed by atoms with Crippen LogP contribution in [0.3, 0.4) is 0 Å². The van der Waals surface area contributed by atoms with Gasteiger partial charge in [-0.05, 0) is 35.9 Å². The smallest absolute Gasteiger partial charge is 0.259 e. The number of anilines is 3. The molecule has 24 heavy (non-hydrogen) atoms. The minimum atomic E-state index is -0.346. The number of nitrogen functional groups attached to an aromatic ring is 2. The second-order valence-corrected chi connectivity index (χ2v) is 5.71. The van der Waals surface area contributed by atoms with Crippen LogP contribution in [0.5, 0.6) is 0 Å². The number of hydrogen-bond acceptors (Lipinski definition) is 3. The Morgan fingerprint density at radius 1 is 0.875 bits per heavy atom. The number of nitrogens with two attached hydrogens (primary N) is 2. The minimum Gasteiger partial charge on any atom is -0.399 e. The Morgan fingerprint density at radius 2 is 1.54 bits per heavy atom. The number of amides is 1. The van der Waals surface area contributed by atoms with Gasteiger partial charge in [0.2, 0.25) is 0 Å². The summed E-state index contributed by atoms with van der Waals surface area (Å²) in [6.07, 6.45) is 0. The lowest BCUT2D eigenvalue weighted by molar-refractivity contribution is 0.102. The molecule has 0 unspecified atom stereocenters. The molecular formula is C19H16ClN3O. The SMILES string of the molecule is Nc1ccc(-c2ccc(N)c(C(=O)Nc3ccccc3)c2Cl)cc1. The average Bonchev–Trinajstić information content (AvgIpc) is 2.57. The molecule has 3 rings (SSSR count). The van der Waals surface area contributed by atoms with Gasteiger partial charge in [-0.15, -0.1) is 0 Å². The third kappa shape index (κ3) is 3.19. The van der Waals surface area contributed by atoms with Gasteiger partial charge in [0.15, 0.2) is 0 Å². The molecule has 0 aliphatic rings. The molecule has 0 aliphatic carbocycles. The van der Waals surface area contributed by atoms with Crippen molar-refractivity contribution in [2.75, 3.05) is 16.8 Å². The molecule has 3 aromatic carbocycles. The van der Waals surface area contributed by atoms with E-state index >= 15 is 0 Å². The molecule has 5 N–H and O–H groups in total. The molecule has 0 aromatic heterocycles. The number of carbonyl (C=O) groups is 1. The summed E-state index contributed by atoms with van der Waals surface area (Å²) in [5, 5.41) is 3.12. The molecule has 120 valence electrons. The van der Waals surface area contributed by atoms with E-state index in [9.17, 15) is 4.79 Å². The van der Waals surface area contributed by atoms with Crippen molar-refractivity contribution >= 4 is 34.6 Å². The number of hydrogen-bond donors (Lipinski definition) is 3. The third-order valence-electron chi connectivity index (χ3n) is 3.65. The van der Waals surface area contributed by atoms with Gasteiger partial charge < -0.3 is 16.8 Å². The molecule has 4 nitrogen and oxygen atoms in total. The molecular weight excluding hydrogens is 322 g/mol. The Bertz CT molecular complexity index is 877. The van der Waals surface area contributed by atoms with Crippen LogP contribution in [-0.4, -0.2) is 5.91 Å². The zero-order valence-electron chi connectivity index (χ0n) is 12.8. The fraction of sp³-hybridized carbons (Fsp3) is 0. The van der Waals surface area contributed by atoms with Gasteiger partial charge in [0, 0.05) is 22.6 Å². The molecule has 0 bridgehead atoms. The Hall–Kier alpha value is -2.98. The van der Waals surface area contributed by atoms with Crippen LogP contribution in [0.25, 0.3) is 11.1 Å². The van der Waals surface area contributed by atoms with Crippen LogP contribution in [0.15, 0.2) is 66.7 Å². The average molecular weight is 338 g/mol. The molecule has 0 atom stereocenters. The number of nitrogens with one attached hydrogen (secondary N) is 1. The van der Waals surface area contributed by atoms with E-state index in [0.29, 0.717) is 22.1 Å². The standard InChI is InChI=1S/C19H16ClN3O/c20-18-15(12-6-8-13(21)9-7-12)10-11-16(22)17(18)19(24)23-14-4-2-1-3-5-14/h1-11H,21-22H2,(H,23,24). The summed E-state index contributed by atoms with van der Waals surface area (Å²) in [6.45, 7) is 0. The summed E-state index contributed by atoms with van der Waals surface area (Å²) >= 11 is 6.48. The van der Waals surface area contributed by atoms with E-state index in [-0.39, 0.29) is 11.5 Å². The lowest BCUT2D eigenvalue weighted by atomic mass is 10.0. The second kappa shape index (κ2) is 6.64. The van der Waals surface area contributed by atoms with Crippen LogP contribution >= 0.6 is 11.6 Å². The van der Waals surface area contributed by atoms with Gasteiger partial charge in [0.1, 0.15) is 0 Å². The first-order chi connectivity index (χ1) is 11.6. The first kappa shape index (κ1) is 15.9. The van der Waals surface area contributed by atoms with Gasteiger partial charge in [-0.3, -0.25) is 4.79 Å². The predicted molar refractivity (Wildman–Crippen MR) is 100 cm³/mol. The third-order valence-corrected chi connectivity index (χ3v) is 4.05. The van der Waals surface area contributed by atoms with E-state index in [1.807, 2.05) is 30.3 Å². The van der Waals surface area contributed by atoms with E-state index in [0.717, 1.165) is 11.1 Å². The highest BCUT2D eigenvalue weighted by molar-refractivity contribution is 6.38. The van der Waals surface area contributed by atoms with E-state index in [4.69, 9.17) is 23.1 Å². The Kier molecular flexibility index (Phi) is 4.40. The first-order valence-electron chi connectivity index (χ1n) is 7.36. The summed E-state index contributed by atoms with van der Waals surface area (Å²) in [5.74, 6) is -0.346. The molecule has 0 radical (unpaired) electrons. The lowest BCUT2D eigenvalue weighted by Crippen LogP contribution is -2.15. The molecule has 0 aliphatic heterocycles. The predicted octanol–water partition coefficient (Wildman–Crippen LogP) is 4.42. The van der Waals surface area contributed by atoms with E-state index in [1.54, 1.807) is 36.4 Å². The van der Waals surface area contributed by atoms with Gasteiger partial charge in [-0.1, -0.05) is 48.0 Å². The molecule has 5 heteroatoms. The van der Waals surface area contributed by atoms with Gasteiger partial charge in [0.05, 0.1) is 10.6 Å². The van der Waals surface area contributed by atoms with Crippen LogP contribution < -0.4 is 16.8 Å². The molecule has 3 aromatic rings. The van der Waals surface area contributed by atoms with Crippen molar-refractivity contribution in [3.05, 3.63) is 77.3 Å². The summed E-state index contributed by atoms with van der Waals surface area (Å²) in [7, 11) is 0. The van der Waals surface area contributed by atoms with Crippen LogP contribution in [0.1, 0.15) is 10.4 Å². The molecule has 0 saturated heterocycles. The zero-order valence-corrected chi connectivity index (χ0v) is 13.5. The highest BCUT2D eigenvalue weighted by atomic mass is 35.5. The van der Waals surface area contributed by atoms with Crippen molar-refractivity contribution in [1.29, 1.82) is 0 Å². The highest BCUT2D eigenvalue weighted by Crippen LogP contribution is 2.34. The fourth-order valence-corrected chi connectivity index (χ4v) is 2.79. The van der Waals surface area contributed by atoms with E-state index in [1.165, 1.54) is 0 Å². The second-order valence-electron chi connectivity index (χ2n) is 5.33. The summed E-state index contributed by atoms with van der Waals surface area (Å²) in [6, 6.07) is 19.9. The monoisotopic (exact) mass is 337 g/mol. The first-order valence-corrected chi connectivity index (χ1v) is 7.74. The van der Waals surface area contributed by atoms with Crippen LogP contribution in [0.4, 0.5) is 17.1 Å². The maximum absolute atomic E-state index is 12.6. The van der Waals surface area contributed by atoms with Crippen molar-refractivity contribution in [3.8, 4) is 11.1 Å². The number of rotatable bonds is 3. The Morgan fingerprint density at radius 3 is 2.21 bits per heavy atom. The van der Waals surface area contributed by atoms with Gasteiger partial charge >= 0.3 is 0 Å². The minimum absolute atomic E-state index is 0.259. The van der Waals surface area contributed by atoms with Crippen LogP contribution in [-0.2, 0) is 0 Å². The summed E-state index contributed by atoms with van der Waals surface area (Å²) < 4.78 is 0. The molecule has 0 fully saturated rings. The van der Waals surface area contributed by atoms with Crippen molar-refractivity contribution in [1.82, 2.24) is 0 Å². The topological polar surface area (TPSA) is 81.1 Å². The molecule has 1 amide bonds. The lowest BCUT2D eigenvalue weighted by Gasteiger charge is -2.13. The van der Waals surface area contributed by atoms with Crippen molar-refractivity contribution in [2.45, 2.75) is 0 Å². The Labute approximate surface area is 145 Å². The van der Waals surface area contributed by atoms with Crippen molar-refractivity contribution < 1.29 is 4.79 Å². The number of para-hydroxylation sites is 1.